The molecule has 1 saturated heterocycles. The van der Waals surface area contributed by atoms with Crippen LogP contribution in [0.15, 0.2) is 35.6 Å². The summed E-state index contributed by atoms with van der Waals surface area (Å²) < 4.78 is 16.1. The van der Waals surface area contributed by atoms with Crippen molar-refractivity contribution >= 4 is 23.8 Å². The topological polar surface area (TPSA) is 44.8 Å². The first kappa shape index (κ1) is 15.0. The zero-order valence-corrected chi connectivity index (χ0v) is 13.4. The van der Waals surface area contributed by atoms with E-state index in [-0.39, 0.29) is 5.97 Å². The predicted molar refractivity (Wildman–Crippen MR) is 87.2 cm³/mol. The fourth-order valence-electron chi connectivity index (χ4n) is 2.66. The van der Waals surface area contributed by atoms with E-state index in [1.807, 2.05) is 36.0 Å². The number of para-hydroxylation sites is 1. The van der Waals surface area contributed by atoms with Gasteiger partial charge in [0.2, 0.25) is 0 Å². The number of hydrogen-bond donors (Lipinski definition) is 0. The summed E-state index contributed by atoms with van der Waals surface area (Å²) in [5, 5.41) is 0.307. The highest BCUT2D eigenvalue weighted by Gasteiger charge is 2.29. The van der Waals surface area contributed by atoms with Crippen LogP contribution in [0.4, 0.5) is 0 Å². The molecule has 0 aliphatic carbocycles. The molecular formula is C17H18O4S. The van der Waals surface area contributed by atoms with Crippen LogP contribution in [0, 0.1) is 0 Å². The summed E-state index contributed by atoms with van der Waals surface area (Å²) >= 11 is 1.85. The van der Waals surface area contributed by atoms with Crippen LogP contribution in [-0.2, 0) is 9.53 Å². The van der Waals surface area contributed by atoms with Crippen molar-refractivity contribution in [2.75, 3.05) is 20.0 Å². The molecule has 1 aromatic rings. The standard InChI is InChI=1S/C17H18O4S/c1-19-13-6-3-5-11(16(13)20-2)9-12-10-14(21-17(12)18)15-7-4-8-22-15/h3,5-6,9-10,15H,4,7-8H2,1-2H3/b12-9-. The summed E-state index contributed by atoms with van der Waals surface area (Å²) in [6.07, 6.45) is 5.88. The van der Waals surface area contributed by atoms with Gasteiger partial charge in [-0.3, -0.25) is 0 Å². The molecule has 0 saturated carbocycles. The third-order valence-corrected chi connectivity index (χ3v) is 5.13. The van der Waals surface area contributed by atoms with E-state index < -0.39 is 0 Å². The minimum Gasteiger partial charge on any atom is -0.493 e. The molecule has 2 aliphatic rings. The molecular weight excluding hydrogens is 300 g/mol. The minimum atomic E-state index is -0.299. The zero-order chi connectivity index (χ0) is 15.5. The van der Waals surface area contributed by atoms with Crippen molar-refractivity contribution in [2.24, 2.45) is 0 Å². The van der Waals surface area contributed by atoms with Crippen molar-refractivity contribution < 1.29 is 19.0 Å². The lowest BCUT2D eigenvalue weighted by molar-refractivity contribution is -0.133. The first-order valence-electron chi connectivity index (χ1n) is 7.21. The molecule has 1 unspecified atom stereocenters. The number of hydrogen-bond acceptors (Lipinski definition) is 5. The molecule has 116 valence electrons. The van der Waals surface area contributed by atoms with Crippen molar-refractivity contribution in [2.45, 2.75) is 18.1 Å². The zero-order valence-electron chi connectivity index (χ0n) is 12.6. The minimum absolute atomic E-state index is 0.299. The molecule has 0 aromatic heterocycles. The number of cyclic esters (lactones) is 1. The van der Waals surface area contributed by atoms with E-state index in [1.54, 1.807) is 20.3 Å². The maximum atomic E-state index is 12.1. The Hall–Kier alpha value is -1.88. The molecule has 0 radical (unpaired) electrons. The van der Waals surface area contributed by atoms with Crippen LogP contribution in [0.1, 0.15) is 18.4 Å². The van der Waals surface area contributed by atoms with E-state index in [4.69, 9.17) is 14.2 Å². The fourth-order valence-corrected chi connectivity index (χ4v) is 3.89. The quantitative estimate of drug-likeness (QED) is 0.629. The molecule has 0 N–H and O–H groups in total. The number of benzene rings is 1. The number of carbonyl (C=O) groups excluding carboxylic acids is 1. The number of ether oxygens (including phenoxy) is 3. The number of thioether (sulfide) groups is 1. The van der Waals surface area contributed by atoms with Crippen LogP contribution in [0.25, 0.3) is 6.08 Å². The average molecular weight is 318 g/mol. The summed E-state index contributed by atoms with van der Waals surface area (Å²) in [6.45, 7) is 0. The van der Waals surface area contributed by atoms with Crippen LogP contribution in [0.3, 0.4) is 0 Å². The molecule has 5 heteroatoms. The Morgan fingerprint density at radius 3 is 2.86 bits per heavy atom. The van der Waals surface area contributed by atoms with Crippen molar-refractivity contribution in [3.05, 3.63) is 41.2 Å². The predicted octanol–water partition coefficient (Wildman–Crippen LogP) is 3.42. The summed E-state index contributed by atoms with van der Waals surface area (Å²) in [5.41, 5.74) is 1.35. The highest BCUT2D eigenvalue weighted by atomic mass is 32.2. The van der Waals surface area contributed by atoms with Crippen molar-refractivity contribution in [3.63, 3.8) is 0 Å². The third kappa shape index (κ3) is 2.86. The Kier molecular flexibility index (Phi) is 4.43. The van der Waals surface area contributed by atoms with Gasteiger partial charge in [0.25, 0.3) is 0 Å². The molecule has 1 fully saturated rings. The highest BCUT2D eigenvalue weighted by Crippen LogP contribution is 2.37. The molecule has 22 heavy (non-hydrogen) atoms. The van der Waals surface area contributed by atoms with E-state index in [0.29, 0.717) is 22.3 Å². The molecule has 0 amide bonds. The SMILES string of the molecule is COc1cccc(/C=C2/C=C(C3CCCS3)OC2=O)c1OC. The van der Waals surface area contributed by atoms with Gasteiger partial charge in [-0.2, -0.15) is 11.8 Å². The van der Waals surface area contributed by atoms with E-state index >= 15 is 0 Å². The Morgan fingerprint density at radius 2 is 2.18 bits per heavy atom. The lowest BCUT2D eigenvalue weighted by Gasteiger charge is -2.10. The van der Waals surface area contributed by atoms with Crippen molar-refractivity contribution in [1.82, 2.24) is 0 Å². The Bertz CT molecular complexity index is 642. The lowest BCUT2D eigenvalue weighted by atomic mass is 10.1. The van der Waals surface area contributed by atoms with Gasteiger partial charge in [-0.15, -0.1) is 0 Å². The van der Waals surface area contributed by atoms with Crippen LogP contribution in [-0.4, -0.2) is 31.2 Å². The second-order valence-electron chi connectivity index (χ2n) is 5.12. The van der Waals surface area contributed by atoms with E-state index in [9.17, 15) is 4.79 Å². The van der Waals surface area contributed by atoms with Gasteiger partial charge in [0.05, 0.1) is 25.0 Å². The Labute approximate surface area is 134 Å². The summed E-state index contributed by atoms with van der Waals surface area (Å²) in [6, 6.07) is 5.58. The first-order valence-corrected chi connectivity index (χ1v) is 8.26. The van der Waals surface area contributed by atoms with Gasteiger partial charge in [-0.1, -0.05) is 12.1 Å². The Morgan fingerprint density at radius 1 is 1.32 bits per heavy atom. The van der Waals surface area contributed by atoms with E-state index in [0.717, 1.165) is 23.5 Å². The molecule has 2 heterocycles. The van der Waals surface area contributed by atoms with Crippen LogP contribution in [0.2, 0.25) is 0 Å². The maximum Gasteiger partial charge on any atom is 0.343 e. The van der Waals surface area contributed by atoms with E-state index in [2.05, 4.69) is 0 Å². The van der Waals surface area contributed by atoms with Gasteiger partial charge in [0.1, 0.15) is 5.76 Å². The van der Waals surface area contributed by atoms with Gasteiger partial charge in [-0.05, 0) is 36.8 Å². The highest BCUT2D eigenvalue weighted by molar-refractivity contribution is 8.00. The van der Waals surface area contributed by atoms with Gasteiger partial charge in [0, 0.05) is 5.56 Å². The number of carbonyl (C=O) groups is 1. The van der Waals surface area contributed by atoms with Crippen LogP contribution >= 0.6 is 11.8 Å². The summed E-state index contributed by atoms with van der Waals surface area (Å²) in [7, 11) is 3.18. The average Bonchev–Trinajstić information content (AvgIpc) is 3.17. The van der Waals surface area contributed by atoms with Crippen molar-refractivity contribution in [1.29, 1.82) is 0 Å². The molecule has 0 bridgehead atoms. The lowest BCUT2D eigenvalue weighted by Crippen LogP contribution is -2.05. The fraction of sp³-hybridized carbons (Fsp3) is 0.353. The summed E-state index contributed by atoms with van der Waals surface area (Å²) in [4.78, 5) is 12.1. The summed E-state index contributed by atoms with van der Waals surface area (Å²) in [5.74, 6) is 2.86. The molecule has 1 aromatic carbocycles. The second kappa shape index (κ2) is 6.48. The van der Waals surface area contributed by atoms with Gasteiger partial charge >= 0.3 is 5.97 Å². The number of methoxy groups -OCH3 is 2. The first-order chi connectivity index (χ1) is 10.7. The van der Waals surface area contributed by atoms with Crippen molar-refractivity contribution in [3.8, 4) is 11.5 Å². The van der Waals surface area contributed by atoms with Gasteiger partial charge in [-0.25, -0.2) is 4.79 Å². The van der Waals surface area contributed by atoms with E-state index in [1.165, 1.54) is 6.42 Å². The second-order valence-corrected chi connectivity index (χ2v) is 6.43. The molecule has 2 aliphatic heterocycles. The normalized spacial score (nSPS) is 22.6. The largest absolute Gasteiger partial charge is 0.493 e. The molecule has 1 atom stereocenters. The molecule has 4 nitrogen and oxygen atoms in total. The smallest absolute Gasteiger partial charge is 0.343 e. The third-order valence-electron chi connectivity index (χ3n) is 3.74. The maximum absolute atomic E-state index is 12.1. The molecule has 0 spiro atoms. The molecule has 3 rings (SSSR count). The van der Waals surface area contributed by atoms with Gasteiger partial charge in [0.15, 0.2) is 11.5 Å². The van der Waals surface area contributed by atoms with Crippen LogP contribution < -0.4 is 9.47 Å². The monoisotopic (exact) mass is 318 g/mol. The van der Waals surface area contributed by atoms with Crippen LogP contribution in [0.5, 0.6) is 11.5 Å². The van der Waals surface area contributed by atoms with Gasteiger partial charge < -0.3 is 14.2 Å². The Balaban J connectivity index is 1.93. The number of esters is 1. The number of rotatable bonds is 4.